The van der Waals surface area contributed by atoms with Crippen LogP contribution in [-0.2, 0) is 13.0 Å². The maximum absolute atomic E-state index is 13.7. The molecule has 2 rings (SSSR count). The molecule has 1 heterocycles. The van der Waals surface area contributed by atoms with Crippen LogP contribution >= 0.6 is 0 Å². The van der Waals surface area contributed by atoms with Gasteiger partial charge in [0.2, 0.25) is 0 Å². The van der Waals surface area contributed by atoms with Gasteiger partial charge in [0.05, 0.1) is 17.9 Å². The second kappa shape index (κ2) is 6.31. The molecule has 0 aliphatic carbocycles. The molecular formula is C15H14F2N2O. The van der Waals surface area contributed by atoms with Crippen molar-refractivity contribution in [1.82, 2.24) is 5.32 Å². The van der Waals surface area contributed by atoms with Crippen molar-refractivity contribution in [2.24, 2.45) is 0 Å². The van der Waals surface area contributed by atoms with Gasteiger partial charge in [-0.25, -0.2) is 8.78 Å². The van der Waals surface area contributed by atoms with E-state index in [1.807, 2.05) is 13.0 Å². The Bertz CT molecular complexity index is 594. The molecule has 0 amide bonds. The third-order valence-electron chi connectivity index (χ3n) is 2.98. The first kappa shape index (κ1) is 14.2. The largest absolute Gasteiger partial charge is 0.469 e. The van der Waals surface area contributed by atoms with E-state index in [0.29, 0.717) is 6.42 Å². The number of hydrogen-bond acceptors (Lipinski definition) is 3. The van der Waals surface area contributed by atoms with Crippen molar-refractivity contribution in [2.75, 3.05) is 0 Å². The number of furan rings is 1. The Kier molecular flexibility index (Phi) is 4.49. The van der Waals surface area contributed by atoms with Gasteiger partial charge >= 0.3 is 0 Å². The smallest absolute Gasteiger partial charge is 0.131 e. The summed E-state index contributed by atoms with van der Waals surface area (Å²) < 4.78 is 32.6. The Labute approximate surface area is 115 Å². The molecule has 104 valence electrons. The molecule has 0 radical (unpaired) electrons. The zero-order valence-corrected chi connectivity index (χ0v) is 11.0. The van der Waals surface area contributed by atoms with Gasteiger partial charge in [-0.1, -0.05) is 0 Å². The van der Waals surface area contributed by atoms with Crippen molar-refractivity contribution in [1.29, 1.82) is 5.26 Å². The fraction of sp³-hybridized carbons (Fsp3) is 0.267. The van der Waals surface area contributed by atoms with Gasteiger partial charge in [0, 0.05) is 24.6 Å². The van der Waals surface area contributed by atoms with Gasteiger partial charge in [-0.2, -0.15) is 5.26 Å². The Hall–Kier alpha value is -2.19. The molecule has 1 aromatic heterocycles. The number of halogens is 2. The van der Waals surface area contributed by atoms with Crippen LogP contribution in [0.1, 0.15) is 23.8 Å². The van der Waals surface area contributed by atoms with Gasteiger partial charge in [0.15, 0.2) is 0 Å². The topological polar surface area (TPSA) is 49.0 Å². The molecule has 0 spiro atoms. The highest BCUT2D eigenvalue weighted by molar-refractivity contribution is 5.34. The number of nitriles is 1. The van der Waals surface area contributed by atoms with Crippen molar-refractivity contribution >= 4 is 0 Å². The molecule has 1 N–H and O–H groups in total. The van der Waals surface area contributed by atoms with E-state index in [2.05, 4.69) is 5.32 Å². The lowest BCUT2D eigenvalue weighted by atomic mass is 10.1. The van der Waals surface area contributed by atoms with Crippen molar-refractivity contribution in [2.45, 2.75) is 25.9 Å². The molecule has 0 saturated carbocycles. The Morgan fingerprint density at radius 3 is 2.60 bits per heavy atom. The van der Waals surface area contributed by atoms with E-state index < -0.39 is 11.6 Å². The summed E-state index contributed by atoms with van der Waals surface area (Å²) in [4.78, 5) is 0. The molecule has 5 heteroatoms. The molecular weight excluding hydrogens is 262 g/mol. The number of benzene rings is 1. The lowest BCUT2D eigenvalue weighted by Gasteiger charge is -2.13. The first-order valence-corrected chi connectivity index (χ1v) is 6.24. The second-order valence-electron chi connectivity index (χ2n) is 4.60. The van der Waals surface area contributed by atoms with Crippen LogP contribution in [-0.4, -0.2) is 6.04 Å². The maximum atomic E-state index is 13.7. The first-order valence-electron chi connectivity index (χ1n) is 6.24. The normalized spacial score (nSPS) is 12.1. The van der Waals surface area contributed by atoms with E-state index in [9.17, 15) is 8.78 Å². The zero-order chi connectivity index (χ0) is 14.5. The van der Waals surface area contributed by atoms with E-state index in [0.717, 1.165) is 17.9 Å². The van der Waals surface area contributed by atoms with Gasteiger partial charge in [-0.15, -0.1) is 0 Å². The molecule has 0 fully saturated rings. The van der Waals surface area contributed by atoms with Crippen LogP contribution in [0.2, 0.25) is 0 Å². The van der Waals surface area contributed by atoms with Crippen molar-refractivity contribution in [3.05, 3.63) is 59.1 Å². The summed E-state index contributed by atoms with van der Waals surface area (Å²) >= 11 is 0. The van der Waals surface area contributed by atoms with Gasteiger partial charge in [0.1, 0.15) is 17.4 Å². The lowest BCUT2D eigenvalue weighted by Crippen LogP contribution is -2.28. The average Bonchev–Trinajstić information content (AvgIpc) is 2.90. The standard InChI is InChI=1S/C15H14F2N2O/c1-10(5-12-3-2-4-20-12)19-9-13-14(16)6-11(8-18)7-15(13)17/h2-4,6-7,10,19H,5,9H2,1H3. The summed E-state index contributed by atoms with van der Waals surface area (Å²) in [7, 11) is 0. The Morgan fingerprint density at radius 1 is 1.35 bits per heavy atom. The van der Waals surface area contributed by atoms with Gasteiger partial charge in [-0.05, 0) is 31.2 Å². The Balaban J connectivity index is 1.99. The van der Waals surface area contributed by atoms with Crippen LogP contribution in [0.3, 0.4) is 0 Å². The van der Waals surface area contributed by atoms with Crippen LogP contribution in [0, 0.1) is 23.0 Å². The predicted octanol–water partition coefficient (Wildman–Crippen LogP) is 3.15. The van der Waals surface area contributed by atoms with Gasteiger partial charge < -0.3 is 9.73 Å². The third-order valence-corrected chi connectivity index (χ3v) is 2.98. The van der Waals surface area contributed by atoms with E-state index >= 15 is 0 Å². The van der Waals surface area contributed by atoms with E-state index in [1.54, 1.807) is 18.4 Å². The molecule has 0 saturated heterocycles. The van der Waals surface area contributed by atoms with Gasteiger partial charge in [0.25, 0.3) is 0 Å². The highest BCUT2D eigenvalue weighted by Gasteiger charge is 2.13. The lowest BCUT2D eigenvalue weighted by molar-refractivity contribution is 0.447. The summed E-state index contributed by atoms with van der Waals surface area (Å²) in [6, 6.07) is 7.45. The van der Waals surface area contributed by atoms with Crippen molar-refractivity contribution in [3.63, 3.8) is 0 Å². The van der Waals surface area contributed by atoms with Crippen molar-refractivity contribution in [3.8, 4) is 6.07 Å². The van der Waals surface area contributed by atoms with E-state index in [1.165, 1.54) is 0 Å². The van der Waals surface area contributed by atoms with Crippen LogP contribution in [0.4, 0.5) is 8.78 Å². The molecule has 20 heavy (non-hydrogen) atoms. The summed E-state index contributed by atoms with van der Waals surface area (Å²) in [5, 5.41) is 11.7. The molecule has 0 bridgehead atoms. The SMILES string of the molecule is CC(Cc1ccco1)NCc1c(F)cc(C#N)cc1F. The van der Waals surface area contributed by atoms with Crippen LogP contribution in [0.15, 0.2) is 34.9 Å². The third kappa shape index (κ3) is 3.43. The monoisotopic (exact) mass is 276 g/mol. The van der Waals surface area contributed by atoms with Crippen LogP contribution in [0.5, 0.6) is 0 Å². The number of hydrogen-bond donors (Lipinski definition) is 1. The fourth-order valence-corrected chi connectivity index (χ4v) is 1.92. The van der Waals surface area contributed by atoms with Crippen molar-refractivity contribution < 1.29 is 13.2 Å². The molecule has 3 nitrogen and oxygen atoms in total. The highest BCUT2D eigenvalue weighted by atomic mass is 19.1. The molecule has 1 aromatic carbocycles. The quantitative estimate of drug-likeness (QED) is 0.912. The number of nitrogens with one attached hydrogen (secondary N) is 1. The molecule has 0 aliphatic heterocycles. The number of rotatable bonds is 5. The average molecular weight is 276 g/mol. The first-order chi connectivity index (χ1) is 9.60. The summed E-state index contributed by atoms with van der Waals surface area (Å²) in [6.45, 7) is 1.97. The van der Waals surface area contributed by atoms with Crippen LogP contribution < -0.4 is 5.32 Å². The molecule has 2 aromatic rings. The van der Waals surface area contributed by atoms with E-state index in [-0.39, 0.29) is 23.7 Å². The van der Waals surface area contributed by atoms with E-state index in [4.69, 9.17) is 9.68 Å². The minimum atomic E-state index is -0.709. The maximum Gasteiger partial charge on any atom is 0.131 e. The molecule has 1 unspecified atom stereocenters. The number of nitrogens with zero attached hydrogens (tertiary/aromatic N) is 1. The van der Waals surface area contributed by atoms with Gasteiger partial charge in [-0.3, -0.25) is 0 Å². The molecule has 0 aliphatic rings. The van der Waals surface area contributed by atoms with Crippen LogP contribution in [0.25, 0.3) is 0 Å². The summed E-state index contributed by atoms with van der Waals surface area (Å²) in [5.74, 6) is -0.607. The summed E-state index contributed by atoms with van der Waals surface area (Å²) in [5.41, 5.74) is -0.0809. The Morgan fingerprint density at radius 2 is 2.05 bits per heavy atom. The second-order valence-corrected chi connectivity index (χ2v) is 4.60. The zero-order valence-electron chi connectivity index (χ0n) is 11.0. The fourth-order valence-electron chi connectivity index (χ4n) is 1.92. The minimum Gasteiger partial charge on any atom is -0.469 e. The predicted molar refractivity (Wildman–Crippen MR) is 69.8 cm³/mol. The molecule has 1 atom stereocenters. The minimum absolute atomic E-state index is 0.00981. The highest BCUT2D eigenvalue weighted by Crippen LogP contribution is 2.15. The summed E-state index contributed by atoms with van der Waals surface area (Å²) in [6.07, 6.45) is 2.22.